The van der Waals surface area contributed by atoms with Gasteiger partial charge in [0.15, 0.2) is 0 Å². The Bertz CT molecular complexity index is 290. The lowest BCUT2D eigenvalue weighted by atomic mass is 10.2. The average molecular weight is 257 g/mol. The molecule has 0 aromatic heterocycles. The number of carbonyl (C=O) groups excluding carboxylic acids is 2. The van der Waals surface area contributed by atoms with Crippen molar-refractivity contribution in [2.24, 2.45) is 0 Å². The Morgan fingerprint density at radius 2 is 2.00 bits per heavy atom. The highest BCUT2D eigenvalue weighted by molar-refractivity contribution is 5.81. The van der Waals surface area contributed by atoms with Gasteiger partial charge in [-0.1, -0.05) is 0 Å². The van der Waals surface area contributed by atoms with Crippen LogP contribution in [0.25, 0.3) is 0 Å². The zero-order valence-corrected chi connectivity index (χ0v) is 11.4. The van der Waals surface area contributed by atoms with Gasteiger partial charge < -0.3 is 15.0 Å². The molecule has 1 fully saturated rings. The van der Waals surface area contributed by atoms with Crippen molar-refractivity contribution in [1.29, 1.82) is 0 Å². The Kier molecular flexibility index (Phi) is 6.07. The summed E-state index contributed by atoms with van der Waals surface area (Å²) >= 11 is 0. The number of likely N-dealkylation sites (N-methyl/N-ethyl adjacent to an activating group) is 1. The maximum absolute atomic E-state index is 12.2. The third kappa shape index (κ3) is 4.27. The lowest BCUT2D eigenvalue weighted by molar-refractivity contribution is -0.142. The Morgan fingerprint density at radius 1 is 1.39 bits per heavy atom. The quantitative estimate of drug-likeness (QED) is 0.660. The van der Waals surface area contributed by atoms with Crippen molar-refractivity contribution < 1.29 is 14.3 Å². The number of hydrogen-bond donors (Lipinski definition) is 1. The molecule has 0 bridgehead atoms. The van der Waals surface area contributed by atoms with Crippen LogP contribution in [-0.2, 0) is 14.3 Å². The number of esters is 1. The lowest BCUT2D eigenvalue weighted by Crippen LogP contribution is -2.53. The van der Waals surface area contributed by atoms with Crippen molar-refractivity contribution in [2.75, 3.05) is 46.9 Å². The number of ether oxygens (including phenoxy) is 1. The van der Waals surface area contributed by atoms with Crippen molar-refractivity contribution in [1.82, 2.24) is 15.1 Å². The molecule has 18 heavy (non-hydrogen) atoms. The van der Waals surface area contributed by atoms with Crippen LogP contribution in [0.5, 0.6) is 0 Å². The van der Waals surface area contributed by atoms with Gasteiger partial charge >= 0.3 is 5.97 Å². The monoisotopic (exact) mass is 257 g/mol. The Balaban J connectivity index is 2.39. The number of amides is 1. The normalized spacial score (nSPS) is 18.2. The van der Waals surface area contributed by atoms with Crippen LogP contribution in [0.2, 0.25) is 0 Å². The first kappa shape index (κ1) is 14.9. The fourth-order valence-corrected chi connectivity index (χ4v) is 2.02. The molecule has 0 aromatic rings. The lowest BCUT2D eigenvalue weighted by Gasteiger charge is -2.33. The van der Waals surface area contributed by atoms with E-state index in [1.807, 2.05) is 6.92 Å². The topological polar surface area (TPSA) is 61.9 Å². The van der Waals surface area contributed by atoms with Gasteiger partial charge in [0.25, 0.3) is 0 Å². The van der Waals surface area contributed by atoms with Crippen LogP contribution >= 0.6 is 0 Å². The van der Waals surface area contributed by atoms with Crippen LogP contribution in [0.4, 0.5) is 0 Å². The predicted octanol–water partition coefficient (Wildman–Crippen LogP) is -0.698. The molecule has 1 atom stereocenters. The highest BCUT2D eigenvalue weighted by atomic mass is 16.5. The van der Waals surface area contributed by atoms with Gasteiger partial charge in [-0.25, -0.2) is 0 Å². The highest BCUT2D eigenvalue weighted by Crippen LogP contribution is 2.05. The van der Waals surface area contributed by atoms with Crippen molar-refractivity contribution >= 4 is 11.9 Å². The Hall–Kier alpha value is -1.14. The summed E-state index contributed by atoms with van der Waals surface area (Å²) in [7, 11) is 3.08. The zero-order valence-electron chi connectivity index (χ0n) is 11.4. The number of nitrogens with zero attached hydrogens (tertiary/aromatic N) is 2. The number of rotatable bonds is 5. The summed E-state index contributed by atoms with van der Waals surface area (Å²) in [5.74, 6) is -0.231. The average Bonchev–Trinajstić information content (AvgIpc) is 2.43. The van der Waals surface area contributed by atoms with E-state index in [-0.39, 0.29) is 24.3 Å². The van der Waals surface area contributed by atoms with Gasteiger partial charge in [0.05, 0.1) is 19.6 Å². The summed E-state index contributed by atoms with van der Waals surface area (Å²) in [5.41, 5.74) is 0. The van der Waals surface area contributed by atoms with E-state index in [0.29, 0.717) is 6.54 Å². The van der Waals surface area contributed by atoms with Gasteiger partial charge in [-0.3, -0.25) is 14.5 Å². The summed E-state index contributed by atoms with van der Waals surface area (Å²) in [5, 5.41) is 3.26. The first-order chi connectivity index (χ1) is 8.56. The fourth-order valence-electron chi connectivity index (χ4n) is 2.02. The molecule has 1 aliphatic heterocycles. The second kappa shape index (κ2) is 7.33. The van der Waals surface area contributed by atoms with Crippen molar-refractivity contribution in [3.05, 3.63) is 0 Å². The Labute approximate surface area is 108 Å². The van der Waals surface area contributed by atoms with E-state index in [2.05, 4.69) is 15.0 Å². The summed E-state index contributed by atoms with van der Waals surface area (Å²) < 4.78 is 4.56. The summed E-state index contributed by atoms with van der Waals surface area (Å²) in [6.45, 7) is 5.94. The van der Waals surface area contributed by atoms with Gasteiger partial charge in [-0.05, 0) is 6.92 Å². The molecule has 0 spiro atoms. The van der Waals surface area contributed by atoms with Gasteiger partial charge in [-0.2, -0.15) is 0 Å². The van der Waals surface area contributed by atoms with Crippen molar-refractivity contribution in [3.63, 3.8) is 0 Å². The van der Waals surface area contributed by atoms with Gasteiger partial charge in [0.1, 0.15) is 0 Å². The second-order valence-corrected chi connectivity index (χ2v) is 4.55. The largest absolute Gasteiger partial charge is 0.469 e. The first-order valence-electron chi connectivity index (χ1n) is 6.33. The minimum atomic E-state index is -0.288. The molecule has 0 aromatic carbocycles. The number of carbonyl (C=O) groups is 2. The first-order valence-corrected chi connectivity index (χ1v) is 6.33. The number of nitrogens with one attached hydrogen (secondary N) is 1. The van der Waals surface area contributed by atoms with Crippen LogP contribution in [0.1, 0.15) is 13.3 Å². The molecule has 104 valence electrons. The second-order valence-electron chi connectivity index (χ2n) is 4.55. The minimum Gasteiger partial charge on any atom is -0.469 e. The molecular weight excluding hydrogens is 234 g/mol. The summed E-state index contributed by atoms with van der Waals surface area (Å²) in [4.78, 5) is 26.9. The number of methoxy groups -OCH3 is 1. The van der Waals surface area contributed by atoms with E-state index in [1.54, 1.807) is 11.9 Å². The molecular formula is C12H23N3O3. The van der Waals surface area contributed by atoms with Crippen LogP contribution in [0.3, 0.4) is 0 Å². The van der Waals surface area contributed by atoms with Gasteiger partial charge in [0, 0.05) is 39.8 Å². The minimum absolute atomic E-state index is 0.0563. The van der Waals surface area contributed by atoms with Crippen LogP contribution < -0.4 is 5.32 Å². The standard InChI is InChI=1S/C12H23N3O3/c1-10(15-8-5-13-6-9-15)12(17)14(2)7-4-11(16)18-3/h10,13H,4-9H2,1-3H3. The van der Waals surface area contributed by atoms with E-state index in [1.165, 1.54) is 7.11 Å². The third-order valence-corrected chi connectivity index (χ3v) is 3.31. The van der Waals surface area contributed by atoms with E-state index in [4.69, 9.17) is 0 Å². The molecule has 0 aliphatic carbocycles. The van der Waals surface area contributed by atoms with E-state index < -0.39 is 0 Å². The molecule has 6 heteroatoms. The van der Waals surface area contributed by atoms with Crippen LogP contribution in [0, 0.1) is 0 Å². The summed E-state index contributed by atoms with van der Waals surface area (Å²) in [6.07, 6.45) is 0.243. The highest BCUT2D eigenvalue weighted by Gasteiger charge is 2.25. The molecule has 1 N–H and O–H groups in total. The summed E-state index contributed by atoms with van der Waals surface area (Å²) in [6, 6.07) is -0.130. The number of hydrogen-bond acceptors (Lipinski definition) is 5. The van der Waals surface area contributed by atoms with Gasteiger partial charge in [0.2, 0.25) is 5.91 Å². The van der Waals surface area contributed by atoms with E-state index in [9.17, 15) is 9.59 Å². The van der Waals surface area contributed by atoms with E-state index >= 15 is 0 Å². The molecule has 1 aliphatic rings. The molecule has 1 rings (SSSR count). The van der Waals surface area contributed by atoms with Crippen molar-refractivity contribution in [3.8, 4) is 0 Å². The van der Waals surface area contributed by atoms with E-state index in [0.717, 1.165) is 26.2 Å². The van der Waals surface area contributed by atoms with Crippen LogP contribution in [-0.4, -0.2) is 74.6 Å². The molecule has 1 saturated heterocycles. The maximum atomic E-state index is 12.2. The zero-order chi connectivity index (χ0) is 13.5. The van der Waals surface area contributed by atoms with Gasteiger partial charge in [-0.15, -0.1) is 0 Å². The van der Waals surface area contributed by atoms with Crippen molar-refractivity contribution in [2.45, 2.75) is 19.4 Å². The molecule has 1 heterocycles. The molecule has 6 nitrogen and oxygen atoms in total. The maximum Gasteiger partial charge on any atom is 0.307 e. The smallest absolute Gasteiger partial charge is 0.307 e. The Morgan fingerprint density at radius 3 is 2.56 bits per heavy atom. The SMILES string of the molecule is COC(=O)CCN(C)C(=O)C(C)N1CCNCC1. The predicted molar refractivity (Wildman–Crippen MR) is 68.2 cm³/mol. The number of piperazine rings is 1. The molecule has 1 amide bonds. The fraction of sp³-hybridized carbons (Fsp3) is 0.833. The molecule has 0 radical (unpaired) electrons. The van der Waals surface area contributed by atoms with Crippen LogP contribution in [0.15, 0.2) is 0 Å². The third-order valence-electron chi connectivity index (χ3n) is 3.31. The molecule has 1 unspecified atom stereocenters. The molecule has 0 saturated carbocycles.